The summed E-state index contributed by atoms with van der Waals surface area (Å²) in [5.41, 5.74) is 0. The average molecular weight is 190 g/mol. The van der Waals surface area contributed by atoms with Gasteiger partial charge in [-0.05, 0) is 0 Å². The fraction of sp³-hybridized carbons (Fsp3) is 0.750. The van der Waals surface area contributed by atoms with Crippen molar-refractivity contribution in [3.8, 4) is 0 Å². The lowest BCUT2D eigenvalue weighted by molar-refractivity contribution is -0.873. The number of hydrogen-bond acceptors (Lipinski definition) is 3. The maximum Gasteiger partial charge on any atom is 0.316 e. The molecule has 0 aliphatic rings. The summed E-state index contributed by atoms with van der Waals surface area (Å²) >= 11 is 0. The van der Waals surface area contributed by atoms with Gasteiger partial charge in [-0.15, -0.1) is 0 Å². The van der Waals surface area contributed by atoms with Gasteiger partial charge in [0.2, 0.25) is 0 Å². The number of carboxylic acid groups (broad SMARTS) is 1. The summed E-state index contributed by atoms with van der Waals surface area (Å²) < 4.78 is 0.415. The Kier molecular flexibility index (Phi) is 4.03. The molecule has 0 aromatic rings. The van der Waals surface area contributed by atoms with Crippen molar-refractivity contribution in [2.45, 2.75) is 6.10 Å². The van der Waals surface area contributed by atoms with Gasteiger partial charge in [0, 0.05) is 0 Å². The molecule has 0 spiro atoms. The molecule has 0 fully saturated rings. The van der Waals surface area contributed by atoms with Gasteiger partial charge in [0.25, 0.3) is 0 Å². The molecule has 0 saturated carbocycles. The zero-order chi connectivity index (χ0) is 10.6. The summed E-state index contributed by atoms with van der Waals surface area (Å²) in [6.45, 7) is 0.232. The summed E-state index contributed by atoms with van der Waals surface area (Å²) in [7, 11) is 5.44. The van der Waals surface area contributed by atoms with Gasteiger partial charge >= 0.3 is 5.97 Å². The van der Waals surface area contributed by atoms with E-state index in [1.807, 2.05) is 21.1 Å². The van der Waals surface area contributed by atoms with E-state index in [0.717, 1.165) is 0 Å². The van der Waals surface area contributed by atoms with Crippen LogP contribution in [0.25, 0.3) is 0 Å². The molecule has 13 heavy (non-hydrogen) atoms. The first-order valence-electron chi connectivity index (χ1n) is 3.94. The zero-order valence-electron chi connectivity index (χ0n) is 8.10. The minimum absolute atomic E-state index is 0.232. The van der Waals surface area contributed by atoms with Crippen molar-refractivity contribution < 1.29 is 24.3 Å². The number of likely N-dealkylation sites (N-methyl/N-ethyl adjacent to an activating group) is 1. The van der Waals surface area contributed by atoms with Crippen LogP contribution in [0.2, 0.25) is 0 Å². The van der Waals surface area contributed by atoms with Crippen LogP contribution in [0.5, 0.6) is 0 Å². The first-order valence-corrected chi connectivity index (χ1v) is 3.94. The Morgan fingerprint density at radius 2 is 1.92 bits per heavy atom. The van der Waals surface area contributed by atoms with Crippen LogP contribution in [0.4, 0.5) is 0 Å². The highest BCUT2D eigenvalue weighted by atomic mass is 16.4. The van der Waals surface area contributed by atoms with E-state index in [4.69, 9.17) is 5.11 Å². The molecule has 0 rings (SSSR count). The quantitative estimate of drug-likeness (QED) is 0.329. The number of aldehydes is 1. The molecule has 2 N–H and O–H groups in total. The largest absolute Gasteiger partial charge is 0.481 e. The molecule has 0 aromatic heterocycles. The molecule has 5 heteroatoms. The Hall–Kier alpha value is -0.940. The van der Waals surface area contributed by atoms with Crippen LogP contribution in [-0.4, -0.2) is 60.7 Å². The molecular weight excluding hydrogens is 174 g/mol. The highest BCUT2D eigenvalue weighted by Crippen LogP contribution is 2.05. The Balaban J connectivity index is 4.30. The summed E-state index contributed by atoms with van der Waals surface area (Å²) in [4.78, 5) is 20.8. The molecule has 0 bridgehead atoms. The number of carbonyl (C=O) groups is 2. The molecule has 0 aromatic carbocycles. The van der Waals surface area contributed by atoms with E-state index in [1.165, 1.54) is 0 Å². The zero-order valence-corrected chi connectivity index (χ0v) is 8.10. The SMILES string of the molecule is C[N+](C)(C)CC(O)C(C=O)C(=O)O. The number of carboxylic acids is 1. The van der Waals surface area contributed by atoms with Crippen molar-refractivity contribution in [2.75, 3.05) is 27.7 Å². The third-order valence-electron chi connectivity index (χ3n) is 1.58. The lowest BCUT2D eigenvalue weighted by atomic mass is 10.0. The number of aliphatic hydroxyl groups is 1. The molecule has 0 radical (unpaired) electrons. The highest BCUT2D eigenvalue weighted by Gasteiger charge is 2.30. The predicted octanol–water partition coefficient (Wildman–Crippen LogP) is -1.05. The van der Waals surface area contributed by atoms with Gasteiger partial charge in [-0.25, -0.2) is 0 Å². The fourth-order valence-electron chi connectivity index (χ4n) is 0.988. The minimum Gasteiger partial charge on any atom is -0.481 e. The number of carbonyl (C=O) groups excluding carboxylic acids is 1. The molecule has 0 saturated heterocycles. The van der Waals surface area contributed by atoms with Crippen LogP contribution < -0.4 is 0 Å². The van der Waals surface area contributed by atoms with E-state index >= 15 is 0 Å². The Morgan fingerprint density at radius 1 is 1.46 bits per heavy atom. The third kappa shape index (κ3) is 4.59. The monoisotopic (exact) mass is 190 g/mol. The Morgan fingerprint density at radius 3 is 2.15 bits per heavy atom. The molecule has 0 amide bonds. The van der Waals surface area contributed by atoms with Crippen LogP contribution in [0.3, 0.4) is 0 Å². The van der Waals surface area contributed by atoms with Gasteiger partial charge in [0.05, 0.1) is 21.1 Å². The van der Waals surface area contributed by atoms with Crippen LogP contribution in [0.15, 0.2) is 0 Å². The number of rotatable bonds is 5. The molecule has 2 atom stereocenters. The number of nitrogens with zero attached hydrogens (tertiary/aromatic N) is 1. The average Bonchev–Trinajstić information content (AvgIpc) is 1.82. The molecule has 2 unspecified atom stereocenters. The predicted molar refractivity (Wildman–Crippen MR) is 46.1 cm³/mol. The summed E-state index contributed by atoms with van der Waals surface area (Å²) in [5, 5.41) is 17.9. The van der Waals surface area contributed by atoms with E-state index in [0.29, 0.717) is 4.48 Å². The van der Waals surface area contributed by atoms with Crippen LogP contribution in [-0.2, 0) is 9.59 Å². The van der Waals surface area contributed by atoms with Gasteiger partial charge < -0.3 is 19.5 Å². The molecule has 0 aliphatic heterocycles. The van der Waals surface area contributed by atoms with Crippen molar-refractivity contribution >= 4 is 12.3 Å². The van der Waals surface area contributed by atoms with E-state index < -0.39 is 18.0 Å². The van der Waals surface area contributed by atoms with Crippen molar-refractivity contribution in [2.24, 2.45) is 5.92 Å². The first kappa shape index (κ1) is 12.1. The third-order valence-corrected chi connectivity index (χ3v) is 1.58. The summed E-state index contributed by atoms with van der Waals surface area (Å²) in [6.07, 6.45) is -0.863. The topological polar surface area (TPSA) is 74.6 Å². The van der Waals surface area contributed by atoms with Crippen LogP contribution >= 0.6 is 0 Å². The fourth-order valence-corrected chi connectivity index (χ4v) is 0.988. The lowest BCUT2D eigenvalue weighted by Gasteiger charge is -2.27. The molecule has 0 heterocycles. The first-order chi connectivity index (χ1) is 5.78. The maximum atomic E-state index is 10.5. The Labute approximate surface area is 77.2 Å². The van der Waals surface area contributed by atoms with E-state index in [2.05, 4.69) is 0 Å². The maximum absolute atomic E-state index is 10.5. The normalized spacial score (nSPS) is 16.3. The minimum atomic E-state index is -1.32. The number of hydrogen-bond donors (Lipinski definition) is 2. The van der Waals surface area contributed by atoms with Gasteiger partial charge in [0.1, 0.15) is 24.9 Å². The van der Waals surface area contributed by atoms with Crippen molar-refractivity contribution in [3.63, 3.8) is 0 Å². The Bertz CT molecular complexity index is 197. The van der Waals surface area contributed by atoms with Crippen LogP contribution in [0.1, 0.15) is 0 Å². The van der Waals surface area contributed by atoms with E-state index in [1.54, 1.807) is 0 Å². The second-order valence-corrected chi connectivity index (χ2v) is 4.04. The van der Waals surface area contributed by atoms with Crippen molar-refractivity contribution in [1.29, 1.82) is 0 Å². The van der Waals surface area contributed by atoms with E-state index in [-0.39, 0.29) is 12.8 Å². The highest BCUT2D eigenvalue weighted by molar-refractivity contribution is 5.87. The van der Waals surface area contributed by atoms with Gasteiger partial charge in [-0.3, -0.25) is 4.79 Å². The lowest BCUT2D eigenvalue weighted by Crippen LogP contribution is -2.46. The van der Waals surface area contributed by atoms with Gasteiger partial charge in [0.15, 0.2) is 0 Å². The van der Waals surface area contributed by atoms with Crippen molar-refractivity contribution in [3.05, 3.63) is 0 Å². The smallest absolute Gasteiger partial charge is 0.316 e. The molecular formula is C8H16NO4+. The standard InChI is InChI=1S/C8H15NO4/c1-9(2,3)4-7(11)6(5-10)8(12)13/h5-7,11H,4H2,1-3H3/p+1. The van der Waals surface area contributed by atoms with Crippen molar-refractivity contribution in [1.82, 2.24) is 0 Å². The number of quaternary nitrogens is 1. The molecule has 0 aliphatic carbocycles. The molecule has 5 nitrogen and oxygen atoms in total. The second kappa shape index (κ2) is 4.34. The number of aliphatic hydroxyl groups excluding tert-OH is 1. The number of aliphatic carboxylic acids is 1. The molecule has 76 valence electrons. The van der Waals surface area contributed by atoms with Gasteiger partial charge in [-0.1, -0.05) is 0 Å². The second-order valence-electron chi connectivity index (χ2n) is 4.04. The van der Waals surface area contributed by atoms with Crippen LogP contribution in [0, 0.1) is 5.92 Å². The van der Waals surface area contributed by atoms with Gasteiger partial charge in [-0.2, -0.15) is 0 Å². The summed E-state index contributed by atoms with van der Waals surface area (Å²) in [6, 6.07) is 0. The van der Waals surface area contributed by atoms with E-state index in [9.17, 15) is 14.7 Å². The summed E-state index contributed by atoms with van der Waals surface area (Å²) in [5.74, 6) is -2.60.